The molecule has 0 amide bonds. The van der Waals surface area contributed by atoms with Crippen molar-refractivity contribution in [2.75, 3.05) is 0 Å². The number of aromatic nitrogens is 4. The summed E-state index contributed by atoms with van der Waals surface area (Å²) < 4.78 is 3.88. The van der Waals surface area contributed by atoms with Crippen molar-refractivity contribution in [1.29, 1.82) is 0 Å². The molecule has 0 atom stereocenters. The second-order valence-corrected chi connectivity index (χ2v) is 8.04. The second-order valence-electron chi connectivity index (χ2n) is 7.19. The second kappa shape index (κ2) is 8.06. The maximum absolute atomic E-state index is 6.53. The molecule has 31 heavy (non-hydrogen) atoms. The minimum Gasteiger partial charge on any atom is -0.306 e. The fourth-order valence-corrected chi connectivity index (χ4v) is 4.01. The molecule has 2 aromatic heterocycles. The van der Waals surface area contributed by atoms with Crippen LogP contribution in [-0.2, 0) is 0 Å². The van der Waals surface area contributed by atoms with Gasteiger partial charge < -0.3 is 4.57 Å². The van der Waals surface area contributed by atoms with Crippen molar-refractivity contribution in [2.45, 2.75) is 6.92 Å². The number of benzene rings is 3. The molecule has 0 aliphatic heterocycles. The predicted molar refractivity (Wildman–Crippen MR) is 126 cm³/mol. The normalized spacial score (nSPS) is 11.1. The van der Waals surface area contributed by atoms with Crippen molar-refractivity contribution in [3.63, 3.8) is 0 Å². The molecular formula is C25H18Cl2N4. The highest BCUT2D eigenvalue weighted by Gasteiger charge is 2.21. The summed E-state index contributed by atoms with van der Waals surface area (Å²) in [6, 6.07) is 25.5. The Bertz CT molecular complexity index is 1350. The van der Waals surface area contributed by atoms with Crippen LogP contribution in [0.25, 0.3) is 34.0 Å². The monoisotopic (exact) mass is 444 g/mol. The van der Waals surface area contributed by atoms with Crippen molar-refractivity contribution in [3.05, 3.63) is 107 Å². The molecule has 6 heteroatoms. The SMILES string of the molecule is Cc1c(-c2cn(-c3ccccc3)cn2)nn(-c2ccccc2Cl)c1-c1ccc(Cl)cc1. The zero-order chi connectivity index (χ0) is 21.4. The molecule has 0 saturated heterocycles. The molecular weight excluding hydrogens is 427 g/mol. The summed E-state index contributed by atoms with van der Waals surface area (Å²) in [5, 5.41) is 6.25. The molecule has 0 aliphatic carbocycles. The minimum absolute atomic E-state index is 0.626. The van der Waals surface area contributed by atoms with Gasteiger partial charge in [0.1, 0.15) is 11.4 Å². The van der Waals surface area contributed by atoms with Crippen LogP contribution in [-0.4, -0.2) is 19.3 Å². The quantitative estimate of drug-likeness (QED) is 0.298. The summed E-state index contributed by atoms with van der Waals surface area (Å²) in [6.07, 6.45) is 3.80. The van der Waals surface area contributed by atoms with Crippen LogP contribution < -0.4 is 0 Å². The first-order valence-corrected chi connectivity index (χ1v) is 10.6. The molecule has 0 spiro atoms. The molecule has 5 rings (SSSR count). The molecule has 0 saturated carbocycles. The van der Waals surface area contributed by atoms with Gasteiger partial charge in [-0.15, -0.1) is 0 Å². The summed E-state index contributed by atoms with van der Waals surface area (Å²) in [5.41, 5.74) is 6.42. The maximum Gasteiger partial charge on any atom is 0.116 e. The lowest BCUT2D eigenvalue weighted by Gasteiger charge is -2.10. The Kier molecular flexibility index (Phi) is 5.10. The van der Waals surface area contributed by atoms with E-state index in [4.69, 9.17) is 28.3 Å². The summed E-state index contributed by atoms with van der Waals surface area (Å²) in [6.45, 7) is 2.06. The zero-order valence-electron chi connectivity index (χ0n) is 16.7. The Hall–Kier alpha value is -3.34. The molecule has 0 aliphatic rings. The van der Waals surface area contributed by atoms with Crippen LogP contribution in [0, 0.1) is 6.92 Å². The van der Waals surface area contributed by atoms with Gasteiger partial charge in [-0.1, -0.05) is 65.7 Å². The van der Waals surface area contributed by atoms with Gasteiger partial charge in [0.25, 0.3) is 0 Å². The van der Waals surface area contributed by atoms with Gasteiger partial charge in [-0.3, -0.25) is 0 Å². The minimum atomic E-state index is 0.626. The van der Waals surface area contributed by atoms with Crippen LogP contribution in [0.4, 0.5) is 0 Å². The number of rotatable bonds is 4. The summed E-state index contributed by atoms with van der Waals surface area (Å²) in [4.78, 5) is 4.64. The number of halogens is 2. The fourth-order valence-electron chi connectivity index (χ4n) is 3.67. The van der Waals surface area contributed by atoms with E-state index in [-0.39, 0.29) is 0 Å². The van der Waals surface area contributed by atoms with Crippen LogP contribution in [0.15, 0.2) is 91.4 Å². The largest absolute Gasteiger partial charge is 0.306 e. The van der Waals surface area contributed by atoms with E-state index in [2.05, 4.69) is 11.9 Å². The van der Waals surface area contributed by atoms with Crippen LogP contribution in [0.1, 0.15) is 5.56 Å². The molecule has 152 valence electrons. The van der Waals surface area contributed by atoms with Gasteiger partial charge in [-0.25, -0.2) is 9.67 Å². The molecule has 0 bridgehead atoms. The van der Waals surface area contributed by atoms with E-state index in [1.807, 2.05) is 94.3 Å². The Morgan fingerprint density at radius 2 is 1.52 bits per heavy atom. The zero-order valence-corrected chi connectivity index (χ0v) is 18.2. The molecule has 4 nitrogen and oxygen atoms in total. The Morgan fingerprint density at radius 3 is 2.26 bits per heavy atom. The highest BCUT2D eigenvalue weighted by molar-refractivity contribution is 6.32. The number of imidazole rings is 1. The van der Waals surface area contributed by atoms with Gasteiger partial charge in [0.2, 0.25) is 0 Å². The van der Waals surface area contributed by atoms with Gasteiger partial charge in [0.05, 0.1) is 22.7 Å². The molecule has 0 unspecified atom stereocenters. The van der Waals surface area contributed by atoms with E-state index in [1.54, 1.807) is 6.33 Å². The van der Waals surface area contributed by atoms with Gasteiger partial charge in [0, 0.05) is 28.0 Å². The topological polar surface area (TPSA) is 35.6 Å². The third-order valence-corrected chi connectivity index (χ3v) is 5.77. The van der Waals surface area contributed by atoms with Gasteiger partial charge in [0.15, 0.2) is 0 Å². The highest BCUT2D eigenvalue weighted by atomic mass is 35.5. The van der Waals surface area contributed by atoms with Crippen molar-refractivity contribution in [2.24, 2.45) is 0 Å². The molecule has 0 radical (unpaired) electrons. The molecule has 0 fully saturated rings. The van der Waals surface area contributed by atoms with E-state index in [9.17, 15) is 0 Å². The van der Waals surface area contributed by atoms with E-state index in [0.717, 1.165) is 39.6 Å². The first-order valence-electron chi connectivity index (χ1n) is 9.82. The summed E-state index contributed by atoms with van der Waals surface area (Å²) >= 11 is 12.7. The standard InChI is InChI=1S/C25H18Cl2N4/c1-17-24(22-15-30(16-28-22)20-7-3-2-4-8-20)29-31(23-10-6-5-9-21(23)27)25(17)18-11-13-19(26)14-12-18/h2-16H,1H3. The predicted octanol–water partition coefficient (Wildman–Crippen LogP) is 7.01. The molecule has 2 heterocycles. The number of hydrogen-bond donors (Lipinski definition) is 0. The third-order valence-electron chi connectivity index (χ3n) is 5.20. The maximum atomic E-state index is 6.53. The smallest absolute Gasteiger partial charge is 0.116 e. The van der Waals surface area contributed by atoms with Crippen molar-refractivity contribution in [3.8, 4) is 34.0 Å². The number of nitrogens with zero attached hydrogens (tertiary/aromatic N) is 4. The first-order chi connectivity index (χ1) is 15.1. The average Bonchev–Trinajstić information content (AvgIpc) is 3.40. The molecule has 5 aromatic rings. The van der Waals surface area contributed by atoms with Gasteiger partial charge >= 0.3 is 0 Å². The van der Waals surface area contributed by atoms with E-state index in [1.165, 1.54) is 0 Å². The van der Waals surface area contributed by atoms with E-state index < -0.39 is 0 Å². The van der Waals surface area contributed by atoms with E-state index >= 15 is 0 Å². The summed E-state index contributed by atoms with van der Waals surface area (Å²) in [7, 11) is 0. The highest BCUT2D eigenvalue weighted by Crippen LogP contribution is 2.35. The first kappa shape index (κ1) is 19.6. The Balaban J connectivity index is 1.70. The van der Waals surface area contributed by atoms with Gasteiger partial charge in [-0.2, -0.15) is 5.10 Å². The lowest BCUT2D eigenvalue weighted by molar-refractivity contribution is 0.890. The Labute approximate surface area is 190 Å². The van der Waals surface area contributed by atoms with Crippen LogP contribution in [0.5, 0.6) is 0 Å². The lowest BCUT2D eigenvalue weighted by atomic mass is 10.1. The number of hydrogen-bond acceptors (Lipinski definition) is 2. The third kappa shape index (κ3) is 3.65. The summed E-state index contributed by atoms with van der Waals surface area (Å²) in [5.74, 6) is 0. The van der Waals surface area contributed by atoms with Gasteiger partial charge in [-0.05, 0) is 43.3 Å². The average molecular weight is 445 g/mol. The fraction of sp³-hybridized carbons (Fsp3) is 0.0400. The molecule has 0 N–H and O–H groups in total. The van der Waals surface area contributed by atoms with Crippen LogP contribution in [0.3, 0.4) is 0 Å². The van der Waals surface area contributed by atoms with E-state index in [0.29, 0.717) is 10.0 Å². The number of para-hydroxylation sites is 2. The Morgan fingerprint density at radius 1 is 0.806 bits per heavy atom. The van der Waals surface area contributed by atoms with Crippen molar-refractivity contribution >= 4 is 23.2 Å². The lowest BCUT2D eigenvalue weighted by Crippen LogP contribution is -2.00. The van der Waals surface area contributed by atoms with Crippen LogP contribution >= 0.6 is 23.2 Å². The van der Waals surface area contributed by atoms with Crippen LogP contribution in [0.2, 0.25) is 10.0 Å². The molecule has 3 aromatic carbocycles. The van der Waals surface area contributed by atoms with Crippen molar-refractivity contribution < 1.29 is 0 Å². The van der Waals surface area contributed by atoms with Crippen molar-refractivity contribution in [1.82, 2.24) is 19.3 Å².